The van der Waals surface area contributed by atoms with Crippen molar-refractivity contribution >= 4 is 44.1 Å². The smallest absolute Gasteiger partial charge is 0.301 e. The summed E-state index contributed by atoms with van der Waals surface area (Å²) < 4.78 is 0.957. The third kappa shape index (κ3) is 4.11. The third-order valence-corrected chi connectivity index (χ3v) is 7.76. The second kappa shape index (κ2) is 9.36. The molecule has 1 fully saturated rings. The van der Waals surface area contributed by atoms with Crippen molar-refractivity contribution in [2.24, 2.45) is 0 Å². The Hall–Kier alpha value is -3.77. The van der Waals surface area contributed by atoms with Gasteiger partial charge in [0.1, 0.15) is 5.76 Å². The molecular weight excluding hydrogens is 468 g/mol. The molecule has 3 aromatic carbocycles. The molecule has 1 amide bonds. The molecule has 6 heteroatoms. The Labute approximate surface area is 214 Å². The lowest BCUT2D eigenvalue weighted by Crippen LogP contribution is -2.29. The lowest BCUT2D eigenvalue weighted by atomic mass is 9.93. The molecule has 182 valence electrons. The molecule has 0 radical (unpaired) electrons. The van der Waals surface area contributed by atoms with E-state index in [0.29, 0.717) is 16.6 Å². The molecule has 0 bridgehead atoms. The van der Waals surface area contributed by atoms with Crippen molar-refractivity contribution in [3.63, 3.8) is 0 Å². The second-order valence-corrected chi connectivity index (χ2v) is 10.5. The van der Waals surface area contributed by atoms with Crippen molar-refractivity contribution in [1.29, 1.82) is 0 Å². The first-order valence-corrected chi connectivity index (χ1v) is 13.0. The molecule has 1 aromatic heterocycles. The van der Waals surface area contributed by atoms with Crippen LogP contribution < -0.4 is 4.90 Å². The number of amides is 1. The first kappa shape index (κ1) is 23.9. The van der Waals surface area contributed by atoms with Crippen LogP contribution >= 0.6 is 11.3 Å². The molecular formula is C30H28N2O3S. The number of benzene rings is 3. The minimum absolute atomic E-state index is 0.0784. The van der Waals surface area contributed by atoms with Crippen LogP contribution in [0.2, 0.25) is 0 Å². The maximum atomic E-state index is 13.5. The number of aliphatic hydroxyl groups is 1. The number of Topliss-reactive ketones (excluding diaryl/α,β-unsaturated/α-hetero) is 1. The SMILES string of the molecule is CCc1ccc2nc(N3C(=O)C(=O)/C(=C(/O)c4ccc(C)cc4)[C@H]3c3ccc(C(C)C)cc3)sc2c1. The highest BCUT2D eigenvalue weighted by atomic mass is 32.1. The molecule has 1 atom stereocenters. The predicted molar refractivity (Wildman–Crippen MR) is 145 cm³/mol. The standard InChI is InChI=1S/C30H28N2O3S/c1-5-19-8-15-23-24(16-19)36-30(31-23)32-26(21-13-11-20(12-14-21)17(2)3)25(28(34)29(32)35)27(33)22-9-6-18(4)7-10-22/h6-17,26,33H,5H2,1-4H3/b27-25+/t26-/m1/s1. The predicted octanol–water partition coefficient (Wildman–Crippen LogP) is 6.92. The van der Waals surface area contributed by atoms with Gasteiger partial charge in [-0.2, -0.15) is 0 Å². The van der Waals surface area contributed by atoms with Gasteiger partial charge in [-0.15, -0.1) is 0 Å². The van der Waals surface area contributed by atoms with E-state index in [9.17, 15) is 14.7 Å². The molecule has 0 unspecified atom stereocenters. The highest BCUT2D eigenvalue weighted by molar-refractivity contribution is 7.22. The normalized spacial score (nSPS) is 17.5. The number of rotatable bonds is 5. The summed E-state index contributed by atoms with van der Waals surface area (Å²) in [7, 11) is 0. The van der Waals surface area contributed by atoms with Crippen molar-refractivity contribution in [2.75, 3.05) is 4.90 Å². The topological polar surface area (TPSA) is 70.5 Å². The van der Waals surface area contributed by atoms with Gasteiger partial charge in [-0.05, 0) is 48.1 Å². The third-order valence-electron chi connectivity index (χ3n) is 6.74. The first-order valence-electron chi connectivity index (χ1n) is 12.2. The number of carbonyl (C=O) groups excluding carboxylic acids is 2. The minimum Gasteiger partial charge on any atom is -0.507 e. The average Bonchev–Trinajstić information content (AvgIpc) is 3.41. The Morgan fingerprint density at radius 1 is 1.03 bits per heavy atom. The maximum absolute atomic E-state index is 13.5. The van der Waals surface area contributed by atoms with Gasteiger partial charge in [0.15, 0.2) is 5.13 Å². The zero-order valence-corrected chi connectivity index (χ0v) is 21.6. The van der Waals surface area contributed by atoms with E-state index in [4.69, 9.17) is 4.98 Å². The molecule has 1 aliphatic heterocycles. The van der Waals surface area contributed by atoms with E-state index >= 15 is 0 Å². The van der Waals surface area contributed by atoms with Crippen LogP contribution in [-0.4, -0.2) is 21.8 Å². The fourth-order valence-electron chi connectivity index (χ4n) is 4.56. The highest BCUT2D eigenvalue weighted by Crippen LogP contribution is 2.44. The molecule has 0 saturated carbocycles. The number of hydrogen-bond donors (Lipinski definition) is 1. The number of anilines is 1. The largest absolute Gasteiger partial charge is 0.507 e. The van der Waals surface area contributed by atoms with E-state index in [1.54, 1.807) is 12.1 Å². The van der Waals surface area contributed by atoms with Crippen LogP contribution in [0.3, 0.4) is 0 Å². The van der Waals surface area contributed by atoms with E-state index in [0.717, 1.165) is 33.3 Å². The van der Waals surface area contributed by atoms with Gasteiger partial charge in [-0.1, -0.05) is 92.3 Å². The van der Waals surface area contributed by atoms with Gasteiger partial charge in [0.25, 0.3) is 5.78 Å². The van der Waals surface area contributed by atoms with Crippen molar-refractivity contribution in [3.05, 3.63) is 100 Å². The number of ketones is 1. The fourth-order valence-corrected chi connectivity index (χ4v) is 5.61. The zero-order valence-electron chi connectivity index (χ0n) is 20.8. The number of carbonyl (C=O) groups is 2. The summed E-state index contributed by atoms with van der Waals surface area (Å²) in [6.07, 6.45) is 0.895. The number of nitrogens with zero attached hydrogens (tertiary/aromatic N) is 2. The van der Waals surface area contributed by atoms with Gasteiger partial charge in [-0.25, -0.2) is 4.98 Å². The van der Waals surface area contributed by atoms with Crippen LogP contribution in [0.15, 0.2) is 72.3 Å². The van der Waals surface area contributed by atoms with E-state index < -0.39 is 17.7 Å². The summed E-state index contributed by atoms with van der Waals surface area (Å²) in [5.41, 5.74) is 5.48. The van der Waals surface area contributed by atoms with Gasteiger partial charge in [0.05, 0.1) is 21.8 Å². The molecule has 5 nitrogen and oxygen atoms in total. The summed E-state index contributed by atoms with van der Waals surface area (Å²) in [6.45, 7) is 8.28. The quantitative estimate of drug-likeness (QED) is 0.185. The van der Waals surface area contributed by atoms with Crippen LogP contribution in [0.25, 0.3) is 16.0 Å². The summed E-state index contributed by atoms with van der Waals surface area (Å²) in [5.74, 6) is -1.23. The highest BCUT2D eigenvalue weighted by Gasteiger charge is 2.48. The average molecular weight is 497 g/mol. The Morgan fingerprint density at radius 2 is 1.72 bits per heavy atom. The maximum Gasteiger partial charge on any atom is 0.301 e. The van der Waals surface area contributed by atoms with Crippen molar-refractivity contribution in [1.82, 2.24) is 4.98 Å². The number of aromatic nitrogens is 1. The number of thiazole rings is 1. The van der Waals surface area contributed by atoms with E-state index in [1.165, 1.54) is 21.8 Å². The molecule has 1 N–H and O–H groups in total. The Kier molecular flexibility index (Phi) is 6.22. The minimum atomic E-state index is -0.779. The molecule has 36 heavy (non-hydrogen) atoms. The monoisotopic (exact) mass is 496 g/mol. The second-order valence-electron chi connectivity index (χ2n) is 9.51. The van der Waals surface area contributed by atoms with Crippen molar-refractivity contribution in [2.45, 2.75) is 46.1 Å². The van der Waals surface area contributed by atoms with E-state index in [2.05, 4.69) is 26.8 Å². The fraction of sp³-hybridized carbons (Fsp3) is 0.233. The summed E-state index contributed by atoms with van der Waals surface area (Å²) in [5, 5.41) is 11.8. The van der Waals surface area contributed by atoms with E-state index in [-0.39, 0.29) is 11.3 Å². The molecule has 0 spiro atoms. The number of aliphatic hydroxyl groups excluding tert-OH is 1. The molecule has 1 aliphatic rings. The lowest BCUT2D eigenvalue weighted by molar-refractivity contribution is -0.132. The van der Waals surface area contributed by atoms with Gasteiger partial charge >= 0.3 is 5.91 Å². The summed E-state index contributed by atoms with van der Waals surface area (Å²) in [6, 6.07) is 20.4. The van der Waals surface area contributed by atoms with Crippen LogP contribution in [0.1, 0.15) is 60.5 Å². The first-order chi connectivity index (χ1) is 17.3. The van der Waals surface area contributed by atoms with E-state index in [1.807, 2.05) is 55.5 Å². The lowest BCUT2D eigenvalue weighted by Gasteiger charge is -2.23. The molecule has 4 aromatic rings. The summed E-state index contributed by atoms with van der Waals surface area (Å²) in [4.78, 5) is 33.0. The zero-order chi connectivity index (χ0) is 25.6. The number of aryl methyl sites for hydroxylation is 2. The van der Waals surface area contributed by atoms with Crippen LogP contribution in [-0.2, 0) is 16.0 Å². The van der Waals surface area contributed by atoms with Crippen molar-refractivity contribution < 1.29 is 14.7 Å². The Bertz CT molecular complexity index is 1500. The summed E-state index contributed by atoms with van der Waals surface area (Å²) >= 11 is 1.39. The Balaban J connectivity index is 1.70. The molecule has 1 saturated heterocycles. The van der Waals surface area contributed by atoms with Crippen molar-refractivity contribution in [3.8, 4) is 0 Å². The van der Waals surface area contributed by atoms with Gasteiger partial charge < -0.3 is 5.11 Å². The van der Waals surface area contributed by atoms with Gasteiger partial charge in [-0.3, -0.25) is 14.5 Å². The van der Waals surface area contributed by atoms with Crippen LogP contribution in [0.4, 0.5) is 5.13 Å². The van der Waals surface area contributed by atoms with Gasteiger partial charge in [0.2, 0.25) is 0 Å². The van der Waals surface area contributed by atoms with Gasteiger partial charge in [0, 0.05) is 5.56 Å². The Morgan fingerprint density at radius 3 is 2.36 bits per heavy atom. The van der Waals surface area contributed by atoms with Crippen LogP contribution in [0, 0.1) is 6.92 Å². The molecule has 5 rings (SSSR count). The molecule has 2 heterocycles. The number of hydrogen-bond acceptors (Lipinski definition) is 5. The van der Waals surface area contributed by atoms with Crippen LogP contribution in [0.5, 0.6) is 0 Å². The molecule has 0 aliphatic carbocycles. The number of fused-ring (bicyclic) bond motifs is 1.